The van der Waals surface area contributed by atoms with Gasteiger partial charge < -0.3 is 15.4 Å². The lowest BCUT2D eigenvalue weighted by Crippen LogP contribution is -2.30. The number of carbonyl (C=O) groups excluding carboxylic acids is 1. The van der Waals surface area contributed by atoms with Crippen LogP contribution in [-0.4, -0.2) is 24.2 Å². The highest BCUT2D eigenvalue weighted by Crippen LogP contribution is 2.24. The molecule has 2 N–H and O–H groups in total. The molecule has 0 aliphatic carbocycles. The van der Waals surface area contributed by atoms with Gasteiger partial charge in [0.2, 0.25) is 0 Å². The molecule has 0 bridgehead atoms. The van der Waals surface area contributed by atoms with E-state index >= 15 is 0 Å². The average molecular weight is 347 g/mol. The number of nitrogens with one attached hydrogen (secondary N) is 2. The normalized spacial score (nSPS) is 10.7. The third-order valence-corrected chi connectivity index (χ3v) is 4.32. The second-order valence-corrected chi connectivity index (χ2v) is 6.86. The molecule has 130 valence electrons. The molecule has 2 amide bonds. The van der Waals surface area contributed by atoms with E-state index in [9.17, 15) is 4.79 Å². The van der Waals surface area contributed by atoms with Gasteiger partial charge in [-0.15, -0.1) is 11.3 Å². The number of thiazole rings is 1. The summed E-state index contributed by atoms with van der Waals surface area (Å²) in [6.07, 6.45) is 1.68. The fraction of sp³-hybridized carbons (Fsp3) is 0.444. The molecule has 6 heteroatoms. The van der Waals surface area contributed by atoms with Crippen molar-refractivity contribution in [1.82, 2.24) is 10.3 Å². The van der Waals surface area contributed by atoms with Crippen LogP contribution in [0.25, 0.3) is 0 Å². The summed E-state index contributed by atoms with van der Waals surface area (Å²) in [5.74, 6) is 1.12. The van der Waals surface area contributed by atoms with Gasteiger partial charge in [0, 0.05) is 18.3 Å². The maximum absolute atomic E-state index is 12.1. The number of hydrogen-bond acceptors (Lipinski definition) is 4. The van der Waals surface area contributed by atoms with E-state index in [1.54, 1.807) is 11.3 Å². The summed E-state index contributed by atoms with van der Waals surface area (Å²) in [4.78, 5) is 16.6. The van der Waals surface area contributed by atoms with Gasteiger partial charge in [0.1, 0.15) is 5.75 Å². The number of para-hydroxylation sites is 2. The minimum Gasteiger partial charge on any atom is -0.491 e. The Morgan fingerprint density at radius 1 is 1.33 bits per heavy atom. The Morgan fingerprint density at radius 2 is 2.12 bits per heavy atom. The number of ether oxygens (including phenoxy) is 1. The number of carbonyl (C=O) groups is 1. The number of aromatic nitrogens is 1. The van der Waals surface area contributed by atoms with Crippen molar-refractivity contribution in [2.45, 2.75) is 33.6 Å². The third-order valence-electron chi connectivity index (χ3n) is 3.28. The maximum atomic E-state index is 12.1. The zero-order valence-electron chi connectivity index (χ0n) is 14.5. The molecule has 0 aliphatic heterocycles. The van der Waals surface area contributed by atoms with E-state index in [2.05, 4.69) is 36.4 Å². The van der Waals surface area contributed by atoms with E-state index in [4.69, 9.17) is 4.74 Å². The van der Waals surface area contributed by atoms with Crippen molar-refractivity contribution >= 4 is 23.1 Å². The van der Waals surface area contributed by atoms with E-state index in [1.807, 2.05) is 29.6 Å². The number of benzene rings is 1. The first-order valence-electron chi connectivity index (χ1n) is 8.28. The van der Waals surface area contributed by atoms with Crippen LogP contribution in [0, 0.1) is 5.92 Å². The number of anilines is 1. The van der Waals surface area contributed by atoms with E-state index in [-0.39, 0.29) is 6.03 Å². The zero-order valence-corrected chi connectivity index (χ0v) is 15.3. The van der Waals surface area contributed by atoms with Crippen LogP contribution in [-0.2, 0) is 12.8 Å². The lowest BCUT2D eigenvalue weighted by atomic mass is 10.2. The minimum atomic E-state index is -0.235. The number of aryl methyl sites for hydroxylation is 1. The highest BCUT2D eigenvalue weighted by Gasteiger charge is 2.08. The van der Waals surface area contributed by atoms with Crippen molar-refractivity contribution in [3.05, 3.63) is 40.3 Å². The minimum absolute atomic E-state index is 0.235. The van der Waals surface area contributed by atoms with E-state index in [1.165, 1.54) is 0 Å². The maximum Gasteiger partial charge on any atom is 0.319 e. The highest BCUT2D eigenvalue weighted by molar-refractivity contribution is 7.09. The molecule has 0 atom stereocenters. The highest BCUT2D eigenvalue weighted by atomic mass is 32.1. The molecule has 0 unspecified atom stereocenters. The first-order chi connectivity index (χ1) is 11.6. The summed E-state index contributed by atoms with van der Waals surface area (Å²) in [7, 11) is 0. The number of hydrogen-bond donors (Lipinski definition) is 2. The van der Waals surface area contributed by atoms with Gasteiger partial charge in [-0.05, 0) is 24.5 Å². The van der Waals surface area contributed by atoms with Crippen LogP contribution in [0.3, 0.4) is 0 Å². The Balaban J connectivity index is 1.81. The average Bonchev–Trinajstić information content (AvgIpc) is 3.02. The zero-order chi connectivity index (χ0) is 17.4. The van der Waals surface area contributed by atoms with Crippen LogP contribution in [0.15, 0.2) is 29.6 Å². The SMILES string of the molecule is CCc1nc(CCNC(=O)Nc2ccccc2OCC(C)C)cs1. The van der Waals surface area contributed by atoms with Gasteiger partial charge in [0.15, 0.2) is 0 Å². The van der Waals surface area contributed by atoms with E-state index < -0.39 is 0 Å². The predicted molar refractivity (Wildman–Crippen MR) is 99.0 cm³/mol. The van der Waals surface area contributed by atoms with Gasteiger partial charge in [-0.1, -0.05) is 32.9 Å². The molecule has 2 rings (SSSR count). The monoisotopic (exact) mass is 347 g/mol. The molecule has 0 radical (unpaired) electrons. The topological polar surface area (TPSA) is 63.2 Å². The number of nitrogens with zero attached hydrogens (tertiary/aromatic N) is 1. The summed E-state index contributed by atoms with van der Waals surface area (Å²) in [6.45, 7) is 7.43. The summed E-state index contributed by atoms with van der Waals surface area (Å²) in [5, 5.41) is 8.88. The van der Waals surface area contributed by atoms with Crippen molar-refractivity contribution in [2.24, 2.45) is 5.92 Å². The molecule has 0 fully saturated rings. The molecule has 1 heterocycles. The van der Waals surface area contributed by atoms with Gasteiger partial charge in [-0.3, -0.25) is 0 Å². The van der Waals surface area contributed by atoms with Crippen molar-refractivity contribution in [2.75, 3.05) is 18.5 Å². The molecular formula is C18H25N3O2S. The van der Waals surface area contributed by atoms with Gasteiger partial charge >= 0.3 is 6.03 Å². The fourth-order valence-electron chi connectivity index (χ4n) is 2.05. The molecule has 0 aliphatic rings. The molecule has 1 aromatic heterocycles. The molecule has 0 saturated heterocycles. The summed E-state index contributed by atoms with van der Waals surface area (Å²) in [6, 6.07) is 7.23. The third kappa shape index (κ3) is 5.85. The van der Waals surface area contributed by atoms with Crippen LogP contribution in [0.4, 0.5) is 10.5 Å². The van der Waals surface area contributed by atoms with Crippen molar-refractivity contribution in [1.29, 1.82) is 0 Å². The molecule has 2 aromatic rings. The Morgan fingerprint density at radius 3 is 2.83 bits per heavy atom. The van der Waals surface area contributed by atoms with Crippen LogP contribution < -0.4 is 15.4 Å². The Kier molecular flexibility index (Phi) is 7.06. The van der Waals surface area contributed by atoms with Gasteiger partial charge in [-0.25, -0.2) is 9.78 Å². The molecule has 24 heavy (non-hydrogen) atoms. The largest absolute Gasteiger partial charge is 0.491 e. The van der Waals surface area contributed by atoms with E-state index in [0.29, 0.717) is 30.5 Å². The quantitative estimate of drug-likeness (QED) is 0.755. The first-order valence-corrected chi connectivity index (χ1v) is 9.16. The predicted octanol–water partition coefficient (Wildman–Crippen LogP) is 4.10. The van der Waals surface area contributed by atoms with Gasteiger partial charge in [-0.2, -0.15) is 0 Å². The first kappa shape index (κ1) is 18.3. The second kappa shape index (κ2) is 9.27. The Bertz CT molecular complexity index is 655. The van der Waals surface area contributed by atoms with Crippen molar-refractivity contribution in [3.63, 3.8) is 0 Å². The van der Waals surface area contributed by atoms with E-state index in [0.717, 1.165) is 23.5 Å². The van der Waals surface area contributed by atoms with Crippen LogP contribution in [0.2, 0.25) is 0 Å². The van der Waals surface area contributed by atoms with Gasteiger partial charge in [0.05, 0.1) is 23.0 Å². The fourth-order valence-corrected chi connectivity index (χ4v) is 2.83. The molecule has 0 saturated carbocycles. The standard InChI is InChI=1S/C18H25N3O2S/c1-4-17-20-14(12-24-17)9-10-19-18(22)21-15-7-5-6-8-16(15)23-11-13(2)3/h5-8,12-13H,4,9-11H2,1-3H3,(H2,19,21,22). The van der Waals surface area contributed by atoms with Crippen LogP contribution in [0.5, 0.6) is 5.75 Å². The molecular weight excluding hydrogens is 322 g/mol. The molecule has 1 aromatic carbocycles. The molecule has 0 spiro atoms. The molecule has 5 nitrogen and oxygen atoms in total. The number of amides is 2. The van der Waals surface area contributed by atoms with Crippen LogP contribution in [0.1, 0.15) is 31.5 Å². The number of rotatable bonds is 8. The Hall–Kier alpha value is -2.08. The van der Waals surface area contributed by atoms with Gasteiger partial charge in [0.25, 0.3) is 0 Å². The summed E-state index contributed by atoms with van der Waals surface area (Å²) < 4.78 is 5.74. The Labute approximate surface area is 147 Å². The lowest BCUT2D eigenvalue weighted by Gasteiger charge is -2.14. The summed E-state index contributed by atoms with van der Waals surface area (Å²) in [5.41, 5.74) is 1.70. The van der Waals surface area contributed by atoms with Crippen molar-refractivity contribution in [3.8, 4) is 5.75 Å². The second-order valence-electron chi connectivity index (χ2n) is 5.92. The number of urea groups is 1. The summed E-state index contributed by atoms with van der Waals surface area (Å²) >= 11 is 1.66. The smallest absolute Gasteiger partial charge is 0.319 e. The lowest BCUT2D eigenvalue weighted by molar-refractivity contribution is 0.251. The van der Waals surface area contributed by atoms with Crippen LogP contribution >= 0.6 is 11.3 Å². The van der Waals surface area contributed by atoms with Crippen molar-refractivity contribution < 1.29 is 9.53 Å².